The predicted octanol–water partition coefficient (Wildman–Crippen LogP) is 4.75. The molecule has 5 rings (SSSR count). The summed E-state index contributed by atoms with van der Waals surface area (Å²) in [6, 6.07) is 16.8. The van der Waals surface area contributed by atoms with Gasteiger partial charge in [0.05, 0.1) is 36.8 Å². The molecule has 0 radical (unpaired) electrons. The van der Waals surface area contributed by atoms with E-state index in [9.17, 15) is 8.42 Å². The quantitative estimate of drug-likeness (QED) is 0.311. The molecule has 0 spiro atoms. The molecular weight excluding hydrogens is 532 g/mol. The van der Waals surface area contributed by atoms with E-state index in [-0.39, 0.29) is 12.1 Å². The molecular formula is C28H30N6O3S2. The largest absolute Gasteiger partial charge is 0.495 e. The highest BCUT2D eigenvalue weighted by molar-refractivity contribution is 7.92. The minimum Gasteiger partial charge on any atom is -0.495 e. The van der Waals surface area contributed by atoms with Gasteiger partial charge >= 0.3 is 0 Å². The summed E-state index contributed by atoms with van der Waals surface area (Å²) in [7, 11) is -2.04. The molecule has 0 amide bonds. The Labute approximate surface area is 233 Å². The van der Waals surface area contributed by atoms with Crippen LogP contribution in [0.3, 0.4) is 0 Å². The second-order valence-electron chi connectivity index (χ2n) is 9.61. The first-order valence-corrected chi connectivity index (χ1v) is 14.7. The molecule has 0 aliphatic carbocycles. The van der Waals surface area contributed by atoms with Crippen LogP contribution in [0.2, 0.25) is 0 Å². The number of aromatic nitrogens is 3. The average Bonchev–Trinajstić information content (AvgIpc) is 3.39. The van der Waals surface area contributed by atoms with Gasteiger partial charge in [0.2, 0.25) is 10.0 Å². The third-order valence-electron chi connectivity index (χ3n) is 6.77. The number of benzene rings is 1. The maximum absolute atomic E-state index is 12.1. The molecule has 0 saturated carbocycles. The number of aryl methyl sites for hydroxylation is 2. The van der Waals surface area contributed by atoms with E-state index in [2.05, 4.69) is 44.5 Å². The van der Waals surface area contributed by atoms with Crippen molar-refractivity contribution in [3.05, 3.63) is 95.2 Å². The lowest BCUT2D eigenvalue weighted by Gasteiger charge is -2.29. The van der Waals surface area contributed by atoms with Crippen LogP contribution < -0.4 is 19.7 Å². The van der Waals surface area contributed by atoms with Gasteiger partial charge in [0, 0.05) is 29.5 Å². The number of pyridine rings is 2. The van der Waals surface area contributed by atoms with Gasteiger partial charge in [-0.25, -0.2) is 13.4 Å². The molecule has 1 saturated heterocycles. The number of nitrogens with one attached hydrogen (secondary N) is 2. The summed E-state index contributed by atoms with van der Waals surface area (Å²) >= 11 is 5.88. The van der Waals surface area contributed by atoms with Gasteiger partial charge < -0.3 is 19.5 Å². The van der Waals surface area contributed by atoms with Gasteiger partial charge in [-0.15, -0.1) is 0 Å². The number of thiocarbonyl (C=S) groups is 1. The first-order valence-electron chi connectivity index (χ1n) is 12.4. The number of rotatable bonds is 7. The zero-order chi connectivity index (χ0) is 27.9. The molecule has 0 bridgehead atoms. The van der Waals surface area contributed by atoms with Crippen molar-refractivity contribution in [1.29, 1.82) is 0 Å². The molecule has 1 fully saturated rings. The molecule has 202 valence electrons. The first-order chi connectivity index (χ1) is 18.6. The molecule has 2 atom stereocenters. The fourth-order valence-electron chi connectivity index (χ4n) is 5.11. The fourth-order valence-corrected chi connectivity index (χ4v) is 6.01. The van der Waals surface area contributed by atoms with Crippen molar-refractivity contribution in [2.75, 3.05) is 23.0 Å². The molecule has 3 aromatic heterocycles. The Balaban J connectivity index is 1.68. The molecule has 9 nitrogen and oxygen atoms in total. The molecule has 1 aromatic carbocycles. The van der Waals surface area contributed by atoms with Crippen molar-refractivity contribution in [1.82, 2.24) is 19.9 Å². The van der Waals surface area contributed by atoms with Crippen LogP contribution >= 0.6 is 12.2 Å². The number of hydrogen-bond donors (Lipinski definition) is 2. The third-order valence-corrected chi connectivity index (χ3v) is 7.67. The average molecular weight is 563 g/mol. The van der Waals surface area contributed by atoms with Crippen LogP contribution in [0.4, 0.5) is 11.4 Å². The van der Waals surface area contributed by atoms with Gasteiger partial charge in [0.25, 0.3) is 0 Å². The van der Waals surface area contributed by atoms with E-state index in [1.165, 1.54) is 7.11 Å². The van der Waals surface area contributed by atoms with E-state index in [0.717, 1.165) is 40.3 Å². The summed E-state index contributed by atoms with van der Waals surface area (Å²) in [4.78, 5) is 11.3. The van der Waals surface area contributed by atoms with Crippen molar-refractivity contribution in [3.63, 3.8) is 0 Å². The van der Waals surface area contributed by atoms with Crippen LogP contribution in [0.1, 0.15) is 40.3 Å². The van der Waals surface area contributed by atoms with E-state index in [1.807, 2.05) is 54.4 Å². The summed E-state index contributed by atoms with van der Waals surface area (Å²) in [6.07, 6.45) is 4.73. The van der Waals surface area contributed by atoms with E-state index >= 15 is 0 Å². The second-order valence-corrected chi connectivity index (χ2v) is 11.7. The minimum absolute atomic E-state index is 0.257. The predicted molar refractivity (Wildman–Crippen MR) is 157 cm³/mol. The van der Waals surface area contributed by atoms with Crippen LogP contribution in [0.15, 0.2) is 67.0 Å². The summed E-state index contributed by atoms with van der Waals surface area (Å²) in [5, 5.41) is 3.97. The molecule has 4 heterocycles. The number of anilines is 2. The normalized spacial score (nSPS) is 17.3. The van der Waals surface area contributed by atoms with Crippen molar-refractivity contribution in [2.24, 2.45) is 0 Å². The van der Waals surface area contributed by atoms with E-state index in [4.69, 9.17) is 17.0 Å². The number of methoxy groups -OCH3 is 1. The molecule has 1 aliphatic heterocycles. The second kappa shape index (κ2) is 10.3. The Morgan fingerprint density at radius 2 is 1.85 bits per heavy atom. The zero-order valence-electron chi connectivity index (χ0n) is 22.3. The Morgan fingerprint density at radius 3 is 2.49 bits per heavy atom. The Morgan fingerprint density at radius 1 is 1.05 bits per heavy atom. The zero-order valence-corrected chi connectivity index (χ0v) is 24.0. The monoisotopic (exact) mass is 562 g/mol. The molecule has 1 aliphatic rings. The van der Waals surface area contributed by atoms with Crippen molar-refractivity contribution < 1.29 is 13.2 Å². The minimum atomic E-state index is -3.54. The Hall–Kier alpha value is -3.96. The van der Waals surface area contributed by atoms with E-state index in [0.29, 0.717) is 22.2 Å². The fraction of sp³-hybridized carbons (Fsp3) is 0.250. The van der Waals surface area contributed by atoms with Crippen molar-refractivity contribution in [3.8, 4) is 11.6 Å². The van der Waals surface area contributed by atoms with Gasteiger partial charge in [0.15, 0.2) is 5.11 Å². The van der Waals surface area contributed by atoms with Gasteiger partial charge in [-0.2, -0.15) is 0 Å². The van der Waals surface area contributed by atoms with Gasteiger partial charge in [-0.3, -0.25) is 9.71 Å². The van der Waals surface area contributed by atoms with Crippen molar-refractivity contribution in [2.45, 2.75) is 32.9 Å². The SMILES string of the molecule is COc1ccc(N2C(=S)NC(c3ccccn3)C2c2cc(C)n(-c3ccc(C)cn3)c2C)cc1NS(C)(=O)=O. The molecule has 39 heavy (non-hydrogen) atoms. The number of ether oxygens (including phenoxy) is 1. The van der Waals surface area contributed by atoms with E-state index < -0.39 is 10.0 Å². The lowest BCUT2D eigenvalue weighted by molar-refractivity contribution is 0.417. The van der Waals surface area contributed by atoms with Crippen LogP contribution in [0, 0.1) is 20.8 Å². The summed E-state index contributed by atoms with van der Waals surface area (Å²) in [5.41, 5.74) is 6.07. The topological polar surface area (TPSA) is 101 Å². The standard InChI is InChI=1S/C28H30N6O3S2/c1-17-9-12-25(30-16-17)33-18(2)14-21(19(33)3)27-26(22-8-6-7-13-29-22)31-28(38)34(27)20-10-11-24(37-4)23(15-20)32-39(5,35)36/h6-16,26-27,32H,1-5H3,(H,31,38). The van der Waals surface area contributed by atoms with E-state index in [1.54, 1.807) is 18.3 Å². The van der Waals surface area contributed by atoms with Gasteiger partial charge in [-0.1, -0.05) is 12.1 Å². The van der Waals surface area contributed by atoms with Crippen molar-refractivity contribution >= 4 is 38.7 Å². The highest BCUT2D eigenvalue weighted by atomic mass is 32.2. The summed E-state index contributed by atoms with van der Waals surface area (Å²) in [6.45, 7) is 6.14. The third kappa shape index (κ3) is 5.19. The Kier molecular flexibility index (Phi) is 7.04. The van der Waals surface area contributed by atoms with Crippen LogP contribution in [-0.2, 0) is 10.0 Å². The number of sulfonamides is 1. The summed E-state index contributed by atoms with van der Waals surface area (Å²) < 4.78 is 34.3. The molecule has 4 aromatic rings. The van der Waals surface area contributed by atoms with Gasteiger partial charge in [-0.05, 0) is 86.6 Å². The number of nitrogens with zero attached hydrogens (tertiary/aromatic N) is 4. The highest BCUT2D eigenvalue weighted by Gasteiger charge is 2.42. The lowest BCUT2D eigenvalue weighted by atomic mass is 9.96. The maximum Gasteiger partial charge on any atom is 0.229 e. The van der Waals surface area contributed by atoms with Crippen LogP contribution in [-0.4, -0.2) is 41.4 Å². The maximum atomic E-state index is 12.1. The summed E-state index contributed by atoms with van der Waals surface area (Å²) in [5.74, 6) is 1.24. The first kappa shape index (κ1) is 26.6. The van der Waals surface area contributed by atoms with Crippen LogP contribution in [0.25, 0.3) is 5.82 Å². The number of hydrogen-bond acceptors (Lipinski definition) is 6. The lowest BCUT2D eigenvalue weighted by Crippen LogP contribution is -2.29. The molecule has 2 unspecified atom stereocenters. The smallest absolute Gasteiger partial charge is 0.229 e. The van der Waals surface area contributed by atoms with Gasteiger partial charge in [0.1, 0.15) is 11.6 Å². The molecule has 2 N–H and O–H groups in total. The highest BCUT2D eigenvalue weighted by Crippen LogP contribution is 2.45. The Bertz CT molecular complexity index is 1640. The molecule has 11 heteroatoms. The van der Waals surface area contributed by atoms with Crippen LogP contribution in [0.5, 0.6) is 5.75 Å².